The number of thiophene rings is 1. The zero-order chi connectivity index (χ0) is 13.3. The molecule has 1 N–H and O–H groups in total. The Balaban J connectivity index is 2.52. The second kappa shape index (κ2) is 5.42. The first kappa shape index (κ1) is 13.6. The van der Waals surface area contributed by atoms with Crippen LogP contribution in [-0.4, -0.2) is 18.2 Å². The van der Waals surface area contributed by atoms with E-state index in [0.717, 1.165) is 19.4 Å². The molecule has 1 aromatic heterocycles. The Labute approximate surface area is 125 Å². The summed E-state index contributed by atoms with van der Waals surface area (Å²) < 4.78 is 6.96. The van der Waals surface area contributed by atoms with Gasteiger partial charge in [0.1, 0.15) is 10.6 Å². The summed E-state index contributed by atoms with van der Waals surface area (Å²) in [6.45, 7) is 0. The van der Waals surface area contributed by atoms with Gasteiger partial charge < -0.3 is 9.84 Å². The monoisotopic (exact) mass is 390 g/mol. The van der Waals surface area contributed by atoms with Gasteiger partial charge in [-0.3, -0.25) is 0 Å². The molecule has 0 amide bonds. The minimum atomic E-state index is -0.911. The topological polar surface area (TPSA) is 46.5 Å². The SMILES string of the molecule is COc1cc(-c2ccc(C(=O)O)s2)c(Br)cc1Br. The Kier molecular flexibility index (Phi) is 4.09. The molecule has 0 saturated carbocycles. The quantitative estimate of drug-likeness (QED) is 0.828. The first-order chi connectivity index (χ1) is 8.52. The van der Waals surface area contributed by atoms with Crippen LogP contribution in [0.4, 0.5) is 0 Å². The van der Waals surface area contributed by atoms with Crippen LogP contribution in [0, 0.1) is 0 Å². The van der Waals surface area contributed by atoms with Crippen molar-refractivity contribution in [2.75, 3.05) is 7.11 Å². The molecule has 0 bridgehead atoms. The lowest BCUT2D eigenvalue weighted by Crippen LogP contribution is -1.89. The van der Waals surface area contributed by atoms with Crippen molar-refractivity contribution in [1.29, 1.82) is 0 Å². The number of hydrogen-bond acceptors (Lipinski definition) is 3. The molecular formula is C12H8Br2O3S. The molecule has 0 aliphatic heterocycles. The van der Waals surface area contributed by atoms with Gasteiger partial charge in [-0.1, -0.05) is 15.9 Å². The molecule has 1 heterocycles. The molecule has 1 aromatic carbocycles. The maximum absolute atomic E-state index is 10.9. The number of carboxylic acid groups (broad SMARTS) is 1. The fourth-order valence-corrected chi connectivity index (χ4v) is 3.85. The van der Waals surface area contributed by atoms with E-state index in [2.05, 4.69) is 31.9 Å². The van der Waals surface area contributed by atoms with Crippen LogP contribution in [0.2, 0.25) is 0 Å². The lowest BCUT2D eigenvalue weighted by atomic mass is 10.2. The van der Waals surface area contributed by atoms with E-state index >= 15 is 0 Å². The Morgan fingerprint density at radius 1 is 1.28 bits per heavy atom. The van der Waals surface area contributed by atoms with Crippen molar-refractivity contribution in [3.05, 3.63) is 38.1 Å². The molecule has 94 valence electrons. The predicted molar refractivity (Wildman–Crippen MR) is 78.7 cm³/mol. The van der Waals surface area contributed by atoms with Gasteiger partial charge in [0.05, 0.1) is 11.6 Å². The largest absolute Gasteiger partial charge is 0.496 e. The lowest BCUT2D eigenvalue weighted by Gasteiger charge is -2.08. The van der Waals surface area contributed by atoms with Crippen LogP contribution in [0.3, 0.4) is 0 Å². The van der Waals surface area contributed by atoms with Crippen LogP contribution < -0.4 is 4.74 Å². The van der Waals surface area contributed by atoms with Gasteiger partial charge in [0.25, 0.3) is 0 Å². The molecule has 0 aliphatic carbocycles. The highest BCUT2D eigenvalue weighted by Gasteiger charge is 2.13. The van der Waals surface area contributed by atoms with Gasteiger partial charge in [0, 0.05) is 14.9 Å². The Bertz CT molecular complexity index is 607. The summed E-state index contributed by atoms with van der Waals surface area (Å²) in [6, 6.07) is 7.14. The van der Waals surface area contributed by atoms with Crippen LogP contribution in [-0.2, 0) is 0 Å². The number of ether oxygens (including phenoxy) is 1. The Morgan fingerprint density at radius 3 is 2.56 bits per heavy atom. The normalized spacial score (nSPS) is 10.4. The number of hydrogen-bond donors (Lipinski definition) is 1. The predicted octanol–water partition coefficient (Wildman–Crippen LogP) is 4.65. The summed E-state index contributed by atoms with van der Waals surface area (Å²) in [6.07, 6.45) is 0. The van der Waals surface area contributed by atoms with E-state index in [-0.39, 0.29) is 0 Å². The smallest absolute Gasteiger partial charge is 0.345 e. The van der Waals surface area contributed by atoms with Crippen LogP contribution in [0.15, 0.2) is 33.2 Å². The number of carboxylic acids is 1. The second-order valence-corrected chi connectivity index (χ2v) is 6.23. The highest BCUT2D eigenvalue weighted by atomic mass is 79.9. The average molecular weight is 392 g/mol. The van der Waals surface area contributed by atoms with Gasteiger partial charge in [-0.2, -0.15) is 0 Å². The van der Waals surface area contributed by atoms with Crippen molar-refractivity contribution < 1.29 is 14.6 Å². The van der Waals surface area contributed by atoms with Crippen molar-refractivity contribution >= 4 is 49.2 Å². The fraction of sp³-hybridized carbons (Fsp3) is 0.0833. The van der Waals surface area contributed by atoms with E-state index in [1.165, 1.54) is 11.3 Å². The molecule has 0 radical (unpaired) electrons. The van der Waals surface area contributed by atoms with Crippen LogP contribution in [0.1, 0.15) is 9.67 Å². The van der Waals surface area contributed by atoms with Crippen molar-refractivity contribution in [2.45, 2.75) is 0 Å². The molecule has 0 fully saturated rings. The third kappa shape index (κ3) is 2.60. The van der Waals surface area contributed by atoms with E-state index in [4.69, 9.17) is 9.84 Å². The third-order valence-corrected chi connectivity index (χ3v) is 4.71. The van der Waals surface area contributed by atoms with Gasteiger partial charge in [-0.25, -0.2) is 4.79 Å². The maximum atomic E-state index is 10.9. The molecular weight excluding hydrogens is 384 g/mol. The number of halogens is 2. The van der Waals surface area contributed by atoms with Crippen LogP contribution in [0.25, 0.3) is 10.4 Å². The Morgan fingerprint density at radius 2 is 2.00 bits per heavy atom. The molecule has 3 nitrogen and oxygen atoms in total. The molecule has 0 saturated heterocycles. The summed E-state index contributed by atoms with van der Waals surface area (Å²) in [5.74, 6) is -0.204. The van der Waals surface area contributed by atoms with Crippen molar-refractivity contribution in [3.8, 4) is 16.2 Å². The van der Waals surface area contributed by atoms with Gasteiger partial charge >= 0.3 is 5.97 Å². The van der Waals surface area contributed by atoms with Crippen LogP contribution in [0.5, 0.6) is 5.75 Å². The number of benzene rings is 1. The molecule has 6 heteroatoms. The van der Waals surface area contributed by atoms with Crippen molar-refractivity contribution in [1.82, 2.24) is 0 Å². The highest BCUT2D eigenvalue weighted by Crippen LogP contribution is 2.39. The van der Waals surface area contributed by atoms with Gasteiger partial charge in [0.2, 0.25) is 0 Å². The summed E-state index contributed by atoms with van der Waals surface area (Å²) >= 11 is 8.10. The number of rotatable bonds is 3. The van der Waals surface area contributed by atoms with E-state index in [9.17, 15) is 4.79 Å². The molecule has 2 aromatic rings. The van der Waals surface area contributed by atoms with Gasteiger partial charge in [-0.05, 0) is 40.2 Å². The number of methoxy groups -OCH3 is 1. The summed E-state index contributed by atoms with van der Waals surface area (Å²) in [4.78, 5) is 12.1. The summed E-state index contributed by atoms with van der Waals surface area (Å²) in [5, 5.41) is 8.93. The summed E-state index contributed by atoms with van der Waals surface area (Å²) in [5.41, 5.74) is 0.910. The molecule has 0 unspecified atom stereocenters. The van der Waals surface area contributed by atoms with Crippen molar-refractivity contribution in [2.24, 2.45) is 0 Å². The average Bonchev–Trinajstić information content (AvgIpc) is 2.78. The lowest BCUT2D eigenvalue weighted by molar-refractivity contribution is 0.0702. The van der Waals surface area contributed by atoms with Gasteiger partial charge in [-0.15, -0.1) is 11.3 Å². The molecule has 0 aliphatic rings. The zero-order valence-corrected chi connectivity index (χ0v) is 13.2. The molecule has 0 atom stereocenters. The molecule has 0 spiro atoms. The molecule has 18 heavy (non-hydrogen) atoms. The minimum absolute atomic E-state index is 0.318. The standard InChI is InChI=1S/C12H8Br2O3S/c1-17-9-4-6(7(13)5-8(9)14)10-2-3-11(18-10)12(15)16/h2-5H,1H3,(H,15,16). The number of aromatic carboxylic acids is 1. The minimum Gasteiger partial charge on any atom is -0.496 e. The van der Waals surface area contributed by atoms with E-state index in [1.54, 1.807) is 19.2 Å². The molecule has 2 rings (SSSR count). The van der Waals surface area contributed by atoms with E-state index in [0.29, 0.717) is 10.6 Å². The van der Waals surface area contributed by atoms with E-state index < -0.39 is 5.97 Å². The first-order valence-electron chi connectivity index (χ1n) is 4.89. The Hall–Kier alpha value is -0.850. The first-order valence-corrected chi connectivity index (χ1v) is 7.29. The second-order valence-electron chi connectivity index (χ2n) is 3.44. The van der Waals surface area contributed by atoms with Crippen LogP contribution >= 0.6 is 43.2 Å². The fourth-order valence-electron chi connectivity index (χ4n) is 1.47. The third-order valence-electron chi connectivity index (χ3n) is 2.32. The maximum Gasteiger partial charge on any atom is 0.345 e. The van der Waals surface area contributed by atoms with E-state index in [1.807, 2.05) is 12.1 Å². The zero-order valence-electron chi connectivity index (χ0n) is 9.24. The van der Waals surface area contributed by atoms with Gasteiger partial charge in [0.15, 0.2) is 0 Å². The van der Waals surface area contributed by atoms with Crippen molar-refractivity contribution in [3.63, 3.8) is 0 Å². The number of carbonyl (C=O) groups is 1. The highest BCUT2D eigenvalue weighted by molar-refractivity contribution is 9.11. The summed E-state index contributed by atoms with van der Waals surface area (Å²) in [7, 11) is 1.59.